The van der Waals surface area contributed by atoms with E-state index in [9.17, 15) is 9.18 Å². The molecule has 0 bridgehead atoms. The quantitative estimate of drug-likeness (QED) is 0.408. The molecule has 13 heavy (non-hydrogen) atoms. The number of carbonyl (C=O) groups excluding carboxylic acids is 1. The molecule has 5 heteroatoms. The fourth-order valence-electron chi connectivity index (χ4n) is 0.724. The summed E-state index contributed by atoms with van der Waals surface area (Å²) in [5, 5.41) is 10.0. The molecular weight excluding hydrogens is 198 g/mol. The molecule has 1 N–H and O–H groups in total. The maximum absolute atomic E-state index is 12.3. The number of carbonyl (C=O) groups is 1. The molecule has 1 rings (SSSR count). The zero-order valence-electron chi connectivity index (χ0n) is 6.04. The Balaban J connectivity index is 0.00000144. The molecule has 0 spiro atoms. The zero-order valence-corrected chi connectivity index (χ0v) is 6.04. The molecular formula is C8H6FKN2O. The van der Waals surface area contributed by atoms with Gasteiger partial charge in [-0.15, -0.1) is 0 Å². The van der Waals surface area contributed by atoms with Crippen molar-refractivity contribution in [3.8, 4) is 6.19 Å². The van der Waals surface area contributed by atoms with Crippen LogP contribution in [0.25, 0.3) is 0 Å². The third-order valence-electron chi connectivity index (χ3n) is 1.28. The van der Waals surface area contributed by atoms with Crippen molar-refractivity contribution < 1.29 is 9.18 Å². The fraction of sp³-hybridized carbons (Fsp3) is 0. The number of hydrogen-bond donors (Lipinski definition) is 1. The van der Waals surface area contributed by atoms with Gasteiger partial charge in [0, 0.05) is 5.56 Å². The first-order valence-corrected chi connectivity index (χ1v) is 3.19. The van der Waals surface area contributed by atoms with E-state index in [2.05, 4.69) is 0 Å². The molecule has 62 valence electrons. The molecule has 0 unspecified atom stereocenters. The van der Waals surface area contributed by atoms with Gasteiger partial charge in [0.25, 0.3) is 5.91 Å². The Bertz CT molecular complexity index is 331. The summed E-state index contributed by atoms with van der Waals surface area (Å²) in [5.74, 6) is -0.944. The molecule has 0 aliphatic carbocycles. The third-order valence-corrected chi connectivity index (χ3v) is 1.28. The van der Waals surface area contributed by atoms with Crippen molar-refractivity contribution in [2.45, 2.75) is 0 Å². The van der Waals surface area contributed by atoms with Crippen molar-refractivity contribution in [2.75, 3.05) is 0 Å². The number of rotatable bonds is 1. The molecule has 0 saturated carbocycles. The van der Waals surface area contributed by atoms with Gasteiger partial charge < -0.3 is 0 Å². The molecule has 0 saturated heterocycles. The second kappa shape index (κ2) is 6.24. The van der Waals surface area contributed by atoms with E-state index in [1.54, 1.807) is 0 Å². The molecule has 0 aliphatic heterocycles. The molecule has 1 aromatic carbocycles. The first-order valence-electron chi connectivity index (χ1n) is 3.19. The summed E-state index contributed by atoms with van der Waals surface area (Å²) in [6.45, 7) is 0. The van der Waals surface area contributed by atoms with Crippen LogP contribution in [-0.4, -0.2) is 57.3 Å². The number of amides is 1. The summed E-state index contributed by atoms with van der Waals surface area (Å²) >= 11 is 0. The number of hydrogen-bond acceptors (Lipinski definition) is 2. The van der Waals surface area contributed by atoms with Crippen LogP contribution in [0.5, 0.6) is 0 Å². The van der Waals surface area contributed by atoms with Crippen LogP contribution in [-0.2, 0) is 0 Å². The van der Waals surface area contributed by atoms with Crippen molar-refractivity contribution in [1.29, 1.82) is 5.26 Å². The van der Waals surface area contributed by atoms with Gasteiger partial charge in [-0.05, 0) is 24.3 Å². The summed E-state index contributed by atoms with van der Waals surface area (Å²) < 4.78 is 12.3. The number of nitriles is 1. The van der Waals surface area contributed by atoms with Crippen LogP contribution in [0.4, 0.5) is 4.39 Å². The average Bonchev–Trinajstić information content (AvgIpc) is 2.06. The van der Waals surface area contributed by atoms with Crippen LogP contribution in [0, 0.1) is 17.3 Å². The van der Waals surface area contributed by atoms with Crippen molar-refractivity contribution in [3.63, 3.8) is 0 Å². The SMILES string of the molecule is N#CNC(=O)c1ccc(F)cc1.[KH]. The molecule has 0 fully saturated rings. The van der Waals surface area contributed by atoms with Crippen LogP contribution in [0.2, 0.25) is 0 Å². The van der Waals surface area contributed by atoms with Crippen molar-refractivity contribution in [3.05, 3.63) is 35.6 Å². The van der Waals surface area contributed by atoms with E-state index in [0.29, 0.717) is 0 Å². The molecule has 1 amide bonds. The maximum atomic E-state index is 12.3. The van der Waals surface area contributed by atoms with E-state index >= 15 is 0 Å². The fourth-order valence-corrected chi connectivity index (χ4v) is 0.724. The van der Waals surface area contributed by atoms with Crippen LogP contribution >= 0.6 is 0 Å². The second-order valence-corrected chi connectivity index (χ2v) is 2.07. The molecule has 0 aromatic heterocycles. The van der Waals surface area contributed by atoms with E-state index in [1.807, 2.05) is 5.32 Å². The average molecular weight is 204 g/mol. The third kappa shape index (κ3) is 3.98. The molecule has 0 heterocycles. The standard InChI is InChI=1S/C8H5FN2O.K.H/c9-7-3-1-6(2-4-7)8(12)11-5-10;;/h1-4H,(H,11,12);;. The minimum absolute atomic E-state index is 0. The van der Waals surface area contributed by atoms with Crippen LogP contribution in [0.15, 0.2) is 24.3 Å². The summed E-state index contributed by atoms with van der Waals surface area (Å²) in [4.78, 5) is 10.9. The minimum atomic E-state index is -0.530. The normalized spacial score (nSPS) is 8.00. The molecule has 0 radical (unpaired) electrons. The topological polar surface area (TPSA) is 52.9 Å². The summed E-state index contributed by atoms with van der Waals surface area (Å²) in [6.07, 6.45) is 1.49. The number of nitrogens with one attached hydrogen (secondary N) is 1. The number of nitrogens with zero attached hydrogens (tertiary/aromatic N) is 1. The first kappa shape index (κ1) is 12.7. The van der Waals surface area contributed by atoms with Crippen molar-refractivity contribution >= 4 is 57.3 Å². The zero-order chi connectivity index (χ0) is 8.97. The Morgan fingerprint density at radius 1 is 1.38 bits per heavy atom. The van der Waals surface area contributed by atoms with Gasteiger partial charge in [-0.2, -0.15) is 5.26 Å². The van der Waals surface area contributed by atoms with Gasteiger partial charge in [-0.25, -0.2) is 4.39 Å². The molecule has 1 aromatic rings. The van der Waals surface area contributed by atoms with Crippen LogP contribution in [0.3, 0.4) is 0 Å². The van der Waals surface area contributed by atoms with Gasteiger partial charge in [0.2, 0.25) is 0 Å². The predicted molar refractivity (Wildman–Crippen MR) is 46.6 cm³/mol. The van der Waals surface area contributed by atoms with Crippen molar-refractivity contribution in [1.82, 2.24) is 5.32 Å². The molecule has 0 atom stereocenters. The first-order chi connectivity index (χ1) is 5.74. The Morgan fingerprint density at radius 3 is 2.38 bits per heavy atom. The molecule has 0 aliphatic rings. The summed E-state index contributed by atoms with van der Waals surface area (Å²) in [7, 11) is 0. The van der Waals surface area contributed by atoms with E-state index in [1.165, 1.54) is 18.3 Å². The van der Waals surface area contributed by atoms with Gasteiger partial charge in [-0.1, -0.05) is 0 Å². The Morgan fingerprint density at radius 2 is 1.92 bits per heavy atom. The monoisotopic (exact) mass is 204 g/mol. The van der Waals surface area contributed by atoms with Gasteiger partial charge in [0.15, 0.2) is 6.19 Å². The van der Waals surface area contributed by atoms with Crippen LogP contribution in [0.1, 0.15) is 10.4 Å². The van der Waals surface area contributed by atoms with Crippen LogP contribution < -0.4 is 5.32 Å². The Hall–Kier alpha value is -0.254. The second-order valence-electron chi connectivity index (χ2n) is 2.07. The van der Waals surface area contributed by atoms with Gasteiger partial charge in [0.1, 0.15) is 5.82 Å². The summed E-state index contributed by atoms with van der Waals surface area (Å²) in [6, 6.07) is 4.93. The van der Waals surface area contributed by atoms with E-state index in [4.69, 9.17) is 5.26 Å². The number of benzene rings is 1. The van der Waals surface area contributed by atoms with Crippen molar-refractivity contribution in [2.24, 2.45) is 0 Å². The Kier molecular flexibility index (Phi) is 6.12. The van der Waals surface area contributed by atoms with Gasteiger partial charge in [0.05, 0.1) is 0 Å². The predicted octanol–water partition coefficient (Wildman–Crippen LogP) is 0.388. The van der Waals surface area contributed by atoms with Gasteiger partial charge in [-0.3, -0.25) is 10.1 Å². The van der Waals surface area contributed by atoms with Gasteiger partial charge >= 0.3 is 51.4 Å². The Labute approximate surface area is 117 Å². The van der Waals surface area contributed by atoms with E-state index < -0.39 is 11.7 Å². The van der Waals surface area contributed by atoms with E-state index in [0.717, 1.165) is 12.1 Å². The van der Waals surface area contributed by atoms with E-state index in [-0.39, 0.29) is 56.9 Å². The summed E-state index contributed by atoms with van der Waals surface area (Å²) in [5.41, 5.74) is 0.262. The number of halogens is 1. The molecule has 3 nitrogen and oxygen atoms in total.